The third kappa shape index (κ3) is 3.74. The minimum Gasteiger partial charge on any atom is -0.447 e. The van der Waals surface area contributed by atoms with Crippen LogP contribution in [0.2, 0.25) is 0 Å². The molecule has 0 spiro atoms. The van der Waals surface area contributed by atoms with Crippen LogP contribution in [-0.2, 0) is 4.74 Å². The van der Waals surface area contributed by atoms with Gasteiger partial charge in [0, 0.05) is 0 Å². The first kappa shape index (κ1) is 11.0. The Balaban J connectivity index is 2.56. The van der Waals surface area contributed by atoms with Gasteiger partial charge in [-0.05, 0) is 41.9 Å². The SMILES string of the molecule is CC(C)OC(=O)Nc1cccc(Br)n1. The monoisotopic (exact) mass is 258 g/mol. The summed E-state index contributed by atoms with van der Waals surface area (Å²) in [4.78, 5) is 15.2. The van der Waals surface area contributed by atoms with Crippen molar-refractivity contribution >= 4 is 27.8 Å². The smallest absolute Gasteiger partial charge is 0.413 e. The Labute approximate surface area is 90.8 Å². The van der Waals surface area contributed by atoms with Crippen LogP contribution in [0.3, 0.4) is 0 Å². The highest BCUT2D eigenvalue weighted by atomic mass is 79.9. The van der Waals surface area contributed by atoms with Crippen molar-refractivity contribution in [3.63, 3.8) is 0 Å². The minimum atomic E-state index is -0.495. The summed E-state index contributed by atoms with van der Waals surface area (Å²) in [6, 6.07) is 5.24. The molecule has 0 saturated carbocycles. The quantitative estimate of drug-likeness (QED) is 0.831. The maximum atomic E-state index is 11.1. The van der Waals surface area contributed by atoms with Crippen LogP contribution in [-0.4, -0.2) is 17.2 Å². The van der Waals surface area contributed by atoms with Gasteiger partial charge in [-0.3, -0.25) is 5.32 Å². The van der Waals surface area contributed by atoms with E-state index in [1.165, 1.54) is 0 Å². The molecule has 0 unspecified atom stereocenters. The Morgan fingerprint density at radius 2 is 2.29 bits per heavy atom. The van der Waals surface area contributed by atoms with Crippen LogP contribution >= 0.6 is 15.9 Å². The van der Waals surface area contributed by atoms with Crippen LogP contribution in [0.5, 0.6) is 0 Å². The average Bonchev–Trinajstić information content (AvgIpc) is 2.01. The Morgan fingerprint density at radius 3 is 2.86 bits per heavy atom. The number of rotatable bonds is 2. The zero-order valence-corrected chi connectivity index (χ0v) is 9.54. The summed E-state index contributed by atoms with van der Waals surface area (Å²) in [5.74, 6) is 0.463. The minimum absolute atomic E-state index is 0.137. The fourth-order valence-electron chi connectivity index (χ4n) is 0.826. The Morgan fingerprint density at radius 1 is 1.57 bits per heavy atom. The molecule has 0 atom stereocenters. The number of carbonyl (C=O) groups is 1. The number of nitrogens with one attached hydrogen (secondary N) is 1. The lowest BCUT2D eigenvalue weighted by Crippen LogP contribution is -2.18. The van der Waals surface area contributed by atoms with E-state index in [1.807, 2.05) is 0 Å². The summed E-state index contributed by atoms with van der Waals surface area (Å²) in [5.41, 5.74) is 0. The summed E-state index contributed by atoms with van der Waals surface area (Å²) in [6.07, 6.45) is -0.632. The lowest BCUT2D eigenvalue weighted by Gasteiger charge is -2.08. The molecule has 14 heavy (non-hydrogen) atoms. The maximum Gasteiger partial charge on any atom is 0.413 e. The molecule has 1 rings (SSSR count). The molecule has 1 aromatic rings. The van der Waals surface area contributed by atoms with E-state index in [0.29, 0.717) is 10.4 Å². The third-order valence-electron chi connectivity index (χ3n) is 1.29. The van der Waals surface area contributed by atoms with Crippen LogP contribution in [0, 0.1) is 0 Å². The number of hydrogen-bond acceptors (Lipinski definition) is 3. The zero-order valence-electron chi connectivity index (χ0n) is 7.95. The van der Waals surface area contributed by atoms with Gasteiger partial charge in [0.2, 0.25) is 0 Å². The van der Waals surface area contributed by atoms with Gasteiger partial charge in [0.1, 0.15) is 10.4 Å². The van der Waals surface area contributed by atoms with Gasteiger partial charge in [0.25, 0.3) is 0 Å². The second-order valence-corrected chi connectivity index (χ2v) is 3.74. The van der Waals surface area contributed by atoms with Crippen LogP contribution in [0.25, 0.3) is 0 Å². The van der Waals surface area contributed by atoms with Gasteiger partial charge in [-0.25, -0.2) is 9.78 Å². The van der Waals surface area contributed by atoms with E-state index in [1.54, 1.807) is 32.0 Å². The van der Waals surface area contributed by atoms with Crippen molar-refractivity contribution in [3.8, 4) is 0 Å². The molecular weight excluding hydrogens is 248 g/mol. The van der Waals surface area contributed by atoms with Crippen molar-refractivity contribution in [2.45, 2.75) is 20.0 Å². The van der Waals surface area contributed by atoms with Crippen molar-refractivity contribution < 1.29 is 9.53 Å². The molecule has 0 aromatic carbocycles. The van der Waals surface area contributed by atoms with Crippen molar-refractivity contribution in [3.05, 3.63) is 22.8 Å². The van der Waals surface area contributed by atoms with Gasteiger partial charge in [-0.15, -0.1) is 0 Å². The fraction of sp³-hybridized carbons (Fsp3) is 0.333. The summed E-state index contributed by atoms with van der Waals surface area (Å²) in [6.45, 7) is 3.57. The molecule has 0 saturated heterocycles. The number of pyridine rings is 1. The molecule has 0 aliphatic carbocycles. The standard InChI is InChI=1S/C9H11BrN2O2/c1-6(2)14-9(13)12-8-5-3-4-7(10)11-8/h3-6H,1-2H3,(H,11,12,13). The number of anilines is 1. The molecule has 0 aliphatic rings. The Hall–Kier alpha value is -1.10. The summed E-state index contributed by atoms with van der Waals surface area (Å²) in [5, 5.41) is 2.51. The largest absolute Gasteiger partial charge is 0.447 e. The first-order valence-electron chi connectivity index (χ1n) is 4.18. The number of aromatic nitrogens is 1. The van der Waals surface area contributed by atoms with Gasteiger partial charge >= 0.3 is 6.09 Å². The first-order valence-corrected chi connectivity index (χ1v) is 4.97. The average molecular weight is 259 g/mol. The molecule has 5 heteroatoms. The molecule has 76 valence electrons. The van der Waals surface area contributed by atoms with Crippen molar-refractivity contribution in [2.24, 2.45) is 0 Å². The van der Waals surface area contributed by atoms with Gasteiger partial charge in [-0.2, -0.15) is 0 Å². The lowest BCUT2D eigenvalue weighted by molar-refractivity contribution is 0.130. The van der Waals surface area contributed by atoms with Crippen LogP contribution < -0.4 is 5.32 Å². The molecule has 0 radical (unpaired) electrons. The highest BCUT2D eigenvalue weighted by Gasteiger charge is 2.05. The third-order valence-corrected chi connectivity index (χ3v) is 1.73. The molecular formula is C9H11BrN2O2. The number of nitrogens with zero attached hydrogens (tertiary/aromatic N) is 1. The van der Waals surface area contributed by atoms with E-state index in [-0.39, 0.29) is 6.10 Å². The van der Waals surface area contributed by atoms with E-state index in [0.717, 1.165) is 0 Å². The number of hydrogen-bond donors (Lipinski definition) is 1. The molecule has 1 N–H and O–H groups in total. The molecule has 1 heterocycles. The van der Waals surface area contributed by atoms with Gasteiger partial charge in [0.05, 0.1) is 6.10 Å². The zero-order chi connectivity index (χ0) is 10.6. The molecule has 0 aliphatic heterocycles. The van der Waals surface area contributed by atoms with Crippen LogP contribution in [0.4, 0.5) is 10.6 Å². The van der Waals surface area contributed by atoms with Gasteiger partial charge in [-0.1, -0.05) is 6.07 Å². The van der Waals surface area contributed by atoms with Gasteiger partial charge in [0.15, 0.2) is 0 Å². The first-order chi connectivity index (χ1) is 6.58. The second-order valence-electron chi connectivity index (χ2n) is 2.92. The highest BCUT2D eigenvalue weighted by molar-refractivity contribution is 9.10. The molecule has 0 fully saturated rings. The second kappa shape index (κ2) is 4.95. The number of halogens is 1. The maximum absolute atomic E-state index is 11.1. The summed E-state index contributed by atoms with van der Waals surface area (Å²) in [7, 11) is 0. The Kier molecular flexibility index (Phi) is 3.88. The fourth-order valence-corrected chi connectivity index (χ4v) is 1.17. The lowest BCUT2D eigenvalue weighted by atomic mass is 10.5. The predicted molar refractivity (Wildman–Crippen MR) is 57.2 cm³/mol. The number of carbonyl (C=O) groups excluding carboxylic acids is 1. The normalized spacial score (nSPS) is 10.0. The summed E-state index contributed by atoms with van der Waals surface area (Å²) < 4.78 is 5.56. The van der Waals surface area contributed by atoms with E-state index in [9.17, 15) is 4.79 Å². The predicted octanol–water partition coefficient (Wildman–Crippen LogP) is 2.80. The highest BCUT2D eigenvalue weighted by Crippen LogP contribution is 2.10. The molecule has 1 amide bonds. The topological polar surface area (TPSA) is 51.2 Å². The van der Waals surface area contributed by atoms with E-state index >= 15 is 0 Å². The molecule has 0 bridgehead atoms. The van der Waals surface area contributed by atoms with Crippen molar-refractivity contribution in [2.75, 3.05) is 5.32 Å². The Bertz CT molecular complexity index is 328. The number of amides is 1. The van der Waals surface area contributed by atoms with E-state index < -0.39 is 6.09 Å². The molecule has 4 nitrogen and oxygen atoms in total. The van der Waals surface area contributed by atoms with E-state index in [4.69, 9.17) is 4.74 Å². The summed E-state index contributed by atoms with van der Waals surface area (Å²) >= 11 is 3.20. The van der Waals surface area contributed by atoms with Crippen molar-refractivity contribution in [1.82, 2.24) is 4.98 Å². The van der Waals surface area contributed by atoms with Crippen LogP contribution in [0.1, 0.15) is 13.8 Å². The number of ether oxygens (including phenoxy) is 1. The molecule has 1 aromatic heterocycles. The van der Waals surface area contributed by atoms with Gasteiger partial charge < -0.3 is 4.74 Å². The van der Waals surface area contributed by atoms with E-state index in [2.05, 4.69) is 26.2 Å². The van der Waals surface area contributed by atoms with Crippen LogP contribution in [0.15, 0.2) is 22.8 Å². The van der Waals surface area contributed by atoms with Crippen molar-refractivity contribution in [1.29, 1.82) is 0 Å².